The van der Waals surface area contributed by atoms with Crippen LogP contribution in [0.5, 0.6) is 0 Å². The molecular weight excluding hydrogens is 379 g/mol. The molecule has 2 heterocycles. The van der Waals surface area contributed by atoms with Crippen LogP contribution >= 0.6 is 0 Å². The van der Waals surface area contributed by atoms with Gasteiger partial charge in [0.25, 0.3) is 0 Å². The Morgan fingerprint density at radius 2 is 1.83 bits per heavy atom. The molecule has 0 fully saturated rings. The Kier molecular flexibility index (Phi) is 6.34. The maximum absolute atomic E-state index is 12.9. The van der Waals surface area contributed by atoms with Gasteiger partial charge in [0.2, 0.25) is 5.91 Å². The number of aromatic nitrogens is 2. The summed E-state index contributed by atoms with van der Waals surface area (Å²) in [6.45, 7) is 4.61. The Labute approximate surface area is 169 Å². The first-order chi connectivity index (χ1) is 13.7. The fourth-order valence-electron chi connectivity index (χ4n) is 4.19. The minimum absolute atomic E-state index is 0.00514. The minimum atomic E-state index is -4.12. The van der Waals surface area contributed by atoms with Crippen LogP contribution in [0.25, 0.3) is 0 Å². The first-order valence-corrected chi connectivity index (χ1v) is 10.1. The van der Waals surface area contributed by atoms with Crippen LogP contribution in [0.4, 0.5) is 13.2 Å². The predicted octanol–water partition coefficient (Wildman–Crippen LogP) is 5.28. The van der Waals surface area contributed by atoms with Crippen molar-refractivity contribution in [1.29, 1.82) is 0 Å². The van der Waals surface area contributed by atoms with E-state index in [1.165, 1.54) is 5.56 Å². The van der Waals surface area contributed by atoms with E-state index in [9.17, 15) is 18.0 Å². The summed E-state index contributed by atoms with van der Waals surface area (Å²) >= 11 is 0. The summed E-state index contributed by atoms with van der Waals surface area (Å²) in [5.74, 6) is 0.0517. The zero-order valence-corrected chi connectivity index (χ0v) is 17.2. The molecule has 0 bridgehead atoms. The molecule has 1 aromatic heterocycles. The number of alkyl halides is 3. The van der Waals surface area contributed by atoms with Crippen LogP contribution in [0.2, 0.25) is 0 Å². The number of nitrogens with zero attached hydrogens (tertiary/aromatic N) is 3. The number of benzene rings is 1. The molecule has 3 rings (SSSR count). The molecule has 1 amide bonds. The molecule has 0 aliphatic carbocycles. The summed E-state index contributed by atoms with van der Waals surface area (Å²) < 4.78 is 38.7. The molecule has 158 valence electrons. The number of carbonyl (C=O) groups excluding carboxylic acids is 1. The van der Waals surface area contributed by atoms with Crippen LogP contribution in [0.1, 0.15) is 73.4 Å². The molecule has 4 nitrogen and oxygen atoms in total. The van der Waals surface area contributed by atoms with Gasteiger partial charge in [0.15, 0.2) is 0 Å². The quantitative estimate of drug-likeness (QED) is 0.612. The van der Waals surface area contributed by atoms with Gasteiger partial charge in [0.1, 0.15) is 0 Å². The summed E-state index contributed by atoms with van der Waals surface area (Å²) in [4.78, 5) is 14.8. The standard InChI is InChI=1S/C22H28F3N3O/c1-15-19(13-26-27(15)3)20-14-28(16(2)17-9-6-7-10-18(17)20)21(29)11-5-4-8-12-22(23,24)25/h6-7,9-10,13,16,20H,4-5,8,11-12,14H2,1-3H3/t16-,20-/m0/s1. The number of carbonyl (C=O) groups is 1. The normalized spacial score (nSPS) is 19.3. The monoisotopic (exact) mass is 407 g/mol. The van der Waals surface area contributed by atoms with Crippen molar-refractivity contribution in [3.05, 3.63) is 52.8 Å². The number of hydrogen-bond donors (Lipinski definition) is 0. The molecule has 0 N–H and O–H groups in total. The van der Waals surface area contributed by atoms with E-state index in [4.69, 9.17) is 0 Å². The van der Waals surface area contributed by atoms with Crippen molar-refractivity contribution in [2.45, 2.75) is 64.1 Å². The van der Waals surface area contributed by atoms with Gasteiger partial charge in [0.05, 0.1) is 12.2 Å². The highest BCUT2D eigenvalue weighted by Gasteiger charge is 2.35. The van der Waals surface area contributed by atoms with E-state index in [0.29, 0.717) is 19.4 Å². The Morgan fingerprint density at radius 1 is 1.14 bits per heavy atom. The zero-order chi connectivity index (χ0) is 21.2. The highest BCUT2D eigenvalue weighted by atomic mass is 19.4. The number of hydrogen-bond acceptors (Lipinski definition) is 2. The van der Waals surface area contributed by atoms with Crippen LogP contribution in [-0.2, 0) is 11.8 Å². The average molecular weight is 407 g/mol. The predicted molar refractivity (Wildman–Crippen MR) is 105 cm³/mol. The lowest BCUT2D eigenvalue weighted by atomic mass is 9.81. The van der Waals surface area contributed by atoms with Gasteiger partial charge < -0.3 is 4.90 Å². The summed E-state index contributed by atoms with van der Waals surface area (Å²) in [7, 11) is 1.90. The van der Waals surface area contributed by atoms with Crippen molar-refractivity contribution in [1.82, 2.24) is 14.7 Å². The van der Waals surface area contributed by atoms with Crippen LogP contribution in [0.15, 0.2) is 30.5 Å². The summed E-state index contributed by atoms with van der Waals surface area (Å²) in [6.07, 6.45) is -1.78. The van der Waals surface area contributed by atoms with Gasteiger partial charge in [-0.2, -0.15) is 18.3 Å². The second kappa shape index (κ2) is 8.59. The van der Waals surface area contributed by atoms with E-state index in [1.54, 1.807) is 0 Å². The molecule has 2 atom stereocenters. The van der Waals surface area contributed by atoms with Gasteiger partial charge in [-0.05, 0) is 37.8 Å². The van der Waals surface area contributed by atoms with Crippen LogP contribution < -0.4 is 0 Å². The fourth-order valence-corrected chi connectivity index (χ4v) is 4.19. The van der Waals surface area contributed by atoms with Crippen molar-refractivity contribution in [3.8, 4) is 0 Å². The molecule has 1 aromatic carbocycles. The van der Waals surface area contributed by atoms with Crippen molar-refractivity contribution >= 4 is 5.91 Å². The van der Waals surface area contributed by atoms with Gasteiger partial charge in [-0.25, -0.2) is 0 Å². The number of fused-ring (bicyclic) bond motifs is 1. The maximum Gasteiger partial charge on any atom is 0.389 e. The highest BCUT2D eigenvalue weighted by molar-refractivity contribution is 5.77. The van der Waals surface area contributed by atoms with E-state index < -0.39 is 12.6 Å². The van der Waals surface area contributed by atoms with Crippen molar-refractivity contribution in [2.24, 2.45) is 7.05 Å². The molecule has 0 saturated carbocycles. The number of unbranched alkanes of at least 4 members (excludes halogenated alkanes) is 2. The van der Waals surface area contributed by atoms with E-state index in [-0.39, 0.29) is 30.7 Å². The molecule has 0 radical (unpaired) electrons. The Hall–Kier alpha value is -2.31. The molecule has 0 saturated heterocycles. The number of rotatable bonds is 6. The number of halogens is 3. The minimum Gasteiger partial charge on any atom is -0.335 e. The molecule has 1 aliphatic rings. The molecule has 29 heavy (non-hydrogen) atoms. The summed E-state index contributed by atoms with van der Waals surface area (Å²) in [6, 6.07) is 8.11. The second-order valence-electron chi connectivity index (χ2n) is 7.89. The van der Waals surface area contributed by atoms with E-state index in [1.807, 2.05) is 48.8 Å². The first kappa shape index (κ1) is 21.4. The largest absolute Gasteiger partial charge is 0.389 e. The maximum atomic E-state index is 12.9. The fraction of sp³-hybridized carbons (Fsp3) is 0.545. The number of aryl methyl sites for hydroxylation is 1. The van der Waals surface area contributed by atoms with Crippen molar-refractivity contribution in [2.75, 3.05) is 6.54 Å². The van der Waals surface area contributed by atoms with Gasteiger partial charge in [-0.3, -0.25) is 9.48 Å². The van der Waals surface area contributed by atoms with Crippen LogP contribution in [0.3, 0.4) is 0 Å². The topological polar surface area (TPSA) is 38.1 Å². The first-order valence-electron chi connectivity index (χ1n) is 10.1. The van der Waals surface area contributed by atoms with E-state index in [2.05, 4.69) is 17.2 Å². The molecule has 1 aliphatic heterocycles. The van der Waals surface area contributed by atoms with Gasteiger partial charge >= 0.3 is 6.18 Å². The molecule has 7 heteroatoms. The number of amides is 1. The van der Waals surface area contributed by atoms with Crippen LogP contribution in [0, 0.1) is 6.92 Å². The SMILES string of the molecule is Cc1c([C@H]2CN(C(=O)CCCCCC(F)(F)F)[C@@H](C)c3ccccc32)cnn1C. The molecule has 2 aromatic rings. The van der Waals surface area contributed by atoms with Gasteiger partial charge in [-0.15, -0.1) is 0 Å². The third-order valence-corrected chi connectivity index (χ3v) is 5.99. The Balaban J connectivity index is 1.73. The Morgan fingerprint density at radius 3 is 2.45 bits per heavy atom. The molecule has 0 unspecified atom stereocenters. The average Bonchev–Trinajstić information content (AvgIpc) is 3.00. The lowest BCUT2D eigenvalue weighted by molar-refractivity contribution is -0.135. The Bertz CT molecular complexity index is 859. The van der Waals surface area contributed by atoms with Crippen molar-refractivity contribution in [3.63, 3.8) is 0 Å². The van der Waals surface area contributed by atoms with Crippen LogP contribution in [-0.4, -0.2) is 33.3 Å². The smallest absolute Gasteiger partial charge is 0.335 e. The molecule has 0 spiro atoms. The van der Waals surface area contributed by atoms with Crippen molar-refractivity contribution < 1.29 is 18.0 Å². The van der Waals surface area contributed by atoms with Gasteiger partial charge in [-0.1, -0.05) is 30.7 Å². The second-order valence-corrected chi connectivity index (χ2v) is 7.89. The van der Waals surface area contributed by atoms with Gasteiger partial charge in [0, 0.05) is 43.6 Å². The zero-order valence-electron chi connectivity index (χ0n) is 17.2. The van der Waals surface area contributed by atoms with E-state index >= 15 is 0 Å². The lowest BCUT2D eigenvalue weighted by Crippen LogP contribution is -2.41. The summed E-state index contributed by atoms with van der Waals surface area (Å²) in [5, 5.41) is 4.36. The lowest BCUT2D eigenvalue weighted by Gasteiger charge is -2.40. The molecular formula is C22H28F3N3O. The highest BCUT2D eigenvalue weighted by Crippen LogP contribution is 2.40. The third-order valence-electron chi connectivity index (χ3n) is 5.99. The summed E-state index contributed by atoms with van der Waals surface area (Å²) in [5.41, 5.74) is 4.51. The van der Waals surface area contributed by atoms with E-state index in [0.717, 1.165) is 16.8 Å². The third kappa shape index (κ3) is 4.82.